The third kappa shape index (κ3) is 7.97. The van der Waals surface area contributed by atoms with Crippen LogP contribution in [0, 0.1) is 0 Å². The number of morpholine rings is 1. The van der Waals surface area contributed by atoms with Crippen molar-refractivity contribution in [3.8, 4) is 39.8 Å². The molecule has 1 unspecified atom stereocenters. The number of nitrogens with two attached hydrogens (primary N) is 1. The van der Waals surface area contributed by atoms with E-state index in [9.17, 15) is 18.0 Å². The molecule has 14 nitrogen and oxygen atoms in total. The van der Waals surface area contributed by atoms with E-state index in [4.69, 9.17) is 34.8 Å². The predicted molar refractivity (Wildman–Crippen MR) is 160 cm³/mol. The molecule has 3 aromatic heterocycles. The normalized spacial score (nSPS) is 16.3. The molecule has 17 heteroatoms. The molecule has 1 aromatic carbocycles. The Kier molecular flexibility index (Phi) is 9.96. The predicted octanol–water partition coefficient (Wildman–Crippen LogP) is 2.89. The van der Waals surface area contributed by atoms with Gasteiger partial charge in [-0.3, -0.25) is 14.4 Å². The average molecular weight is 647 g/mol. The van der Waals surface area contributed by atoms with Crippen molar-refractivity contribution in [1.29, 1.82) is 0 Å². The first-order valence-corrected chi connectivity index (χ1v) is 13.7. The van der Waals surface area contributed by atoms with Crippen LogP contribution < -0.4 is 20.8 Å². The fourth-order valence-corrected chi connectivity index (χ4v) is 4.32. The standard InChI is InChI=1S/C27H32N8O4.C2HF3O2/c1-27(2)16-39-21(14-33(27)3)15-34-13-17(11-30-34)23-12-29-26(28)25(31-23)22-6-7-24(36)35(32-22)18-8-19(37-4)10-20(9-18)38-5;3-2(4,5)1(6)7/h6-13,21H,14-16H2,1-5H3,(H2,28,29);(H,6,7). The Labute approximate surface area is 261 Å². The molecule has 1 fully saturated rings. The van der Waals surface area contributed by atoms with Gasteiger partial charge in [0.25, 0.3) is 5.56 Å². The highest BCUT2D eigenvalue weighted by Gasteiger charge is 2.38. The lowest BCUT2D eigenvalue weighted by Gasteiger charge is -2.43. The maximum Gasteiger partial charge on any atom is 0.490 e. The Balaban J connectivity index is 0.000000617. The molecular weight excluding hydrogens is 613 g/mol. The van der Waals surface area contributed by atoms with Crippen LogP contribution in [0.2, 0.25) is 0 Å². The molecule has 0 saturated carbocycles. The number of anilines is 1. The number of alkyl halides is 3. The highest BCUT2D eigenvalue weighted by Crippen LogP contribution is 2.27. The van der Waals surface area contributed by atoms with Crippen molar-refractivity contribution in [3.63, 3.8) is 0 Å². The summed E-state index contributed by atoms with van der Waals surface area (Å²) in [5.41, 5.74) is 8.44. The number of carboxylic acids is 1. The average Bonchev–Trinajstić information content (AvgIpc) is 3.47. The van der Waals surface area contributed by atoms with Crippen molar-refractivity contribution >= 4 is 11.8 Å². The van der Waals surface area contributed by atoms with Crippen LogP contribution in [-0.2, 0) is 16.1 Å². The van der Waals surface area contributed by atoms with Gasteiger partial charge >= 0.3 is 12.1 Å². The number of nitrogen functional groups attached to an aromatic ring is 1. The Hall–Kier alpha value is -5.03. The molecule has 0 amide bonds. The number of methoxy groups -OCH3 is 2. The van der Waals surface area contributed by atoms with Crippen LogP contribution in [0.1, 0.15) is 13.8 Å². The molecule has 1 saturated heterocycles. The van der Waals surface area contributed by atoms with E-state index in [1.807, 2.05) is 10.9 Å². The molecule has 0 spiro atoms. The van der Waals surface area contributed by atoms with Gasteiger partial charge in [0, 0.05) is 48.1 Å². The number of rotatable bonds is 7. The number of carboxylic acid groups (broad SMARTS) is 1. The summed E-state index contributed by atoms with van der Waals surface area (Å²) in [6, 6.07) is 8.07. The van der Waals surface area contributed by atoms with Crippen LogP contribution in [0.4, 0.5) is 19.0 Å². The first-order valence-electron chi connectivity index (χ1n) is 13.7. The van der Waals surface area contributed by atoms with E-state index in [0.29, 0.717) is 47.4 Å². The van der Waals surface area contributed by atoms with Crippen molar-refractivity contribution in [2.75, 3.05) is 40.2 Å². The van der Waals surface area contributed by atoms with Gasteiger partial charge in [0.1, 0.15) is 22.9 Å². The summed E-state index contributed by atoms with van der Waals surface area (Å²) in [4.78, 5) is 33.0. The SMILES string of the molecule is COc1cc(OC)cc(-n2nc(-c3nc(-c4cnn(CC5CN(C)C(C)(C)CO5)c4)cnc3N)ccc2=O)c1.O=C(O)C(F)(F)F. The Morgan fingerprint density at radius 1 is 1.13 bits per heavy atom. The summed E-state index contributed by atoms with van der Waals surface area (Å²) in [5.74, 6) is -1.52. The minimum atomic E-state index is -5.08. The summed E-state index contributed by atoms with van der Waals surface area (Å²) in [7, 11) is 5.18. The fourth-order valence-electron chi connectivity index (χ4n) is 4.32. The molecule has 3 N–H and O–H groups in total. The van der Waals surface area contributed by atoms with Crippen molar-refractivity contribution < 1.29 is 37.3 Å². The number of likely N-dealkylation sites (N-methyl/N-ethyl adjacent to an activating group) is 1. The summed E-state index contributed by atoms with van der Waals surface area (Å²) < 4.78 is 51.6. The highest BCUT2D eigenvalue weighted by molar-refractivity contribution is 5.73. The van der Waals surface area contributed by atoms with Gasteiger partial charge in [-0.15, -0.1) is 0 Å². The molecule has 1 aliphatic rings. The number of nitrogens with zero attached hydrogens (tertiary/aromatic N) is 7. The summed E-state index contributed by atoms with van der Waals surface area (Å²) in [6.07, 6.45) is 0.182. The molecule has 5 rings (SSSR count). The number of hydrogen-bond acceptors (Lipinski definition) is 11. The number of benzene rings is 1. The zero-order valence-electron chi connectivity index (χ0n) is 25.6. The molecule has 4 aromatic rings. The minimum Gasteiger partial charge on any atom is -0.497 e. The van der Waals surface area contributed by atoms with Gasteiger partial charge in [0.2, 0.25) is 0 Å². The van der Waals surface area contributed by atoms with Crippen LogP contribution in [0.25, 0.3) is 28.3 Å². The molecule has 46 heavy (non-hydrogen) atoms. The van der Waals surface area contributed by atoms with E-state index in [0.717, 1.165) is 12.1 Å². The van der Waals surface area contributed by atoms with Crippen molar-refractivity contribution in [2.24, 2.45) is 0 Å². The van der Waals surface area contributed by atoms with Gasteiger partial charge in [0.15, 0.2) is 5.82 Å². The first-order chi connectivity index (χ1) is 21.6. The lowest BCUT2D eigenvalue weighted by atomic mass is 10.0. The van der Waals surface area contributed by atoms with Crippen LogP contribution in [0.3, 0.4) is 0 Å². The number of halogens is 3. The second-order valence-corrected chi connectivity index (χ2v) is 10.9. The summed E-state index contributed by atoms with van der Waals surface area (Å²) in [6.45, 7) is 6.43. The monoisotopic (exact) mass is 646 g/mol. The van der Waals surface area contributed by atoms with Crippen molar-refractivity contribution in [3.05, 3.63) is 59.3 Å². The maximum atomic E-state index is 12.7. The molecule has 246 valence electrons. The third-order valence-corrected chi connectivity index (χ3v) is 7.17. The number of carbonyl (C=O) groups is 1. The Morgan fingerprint density at radius 2 is 1.78 bits per heavy atom. The topological polar surface area (TPSA) is 173 Å². The van der Waals surface area contributed by atoms with Crippen LogP contribution in [0.15, 0.2) is 53.7 Å². The van der Waals surface area contributed by atoms with E-state index in [1.165, 1.54) is 25.0 Å². The molecule has 1 aliphatic heterocycles. The van der Waals surface area contributed by atoms with Gasteiger partial charge in [0.05, 0.1) is 57.3 Å². The molecule has 1 atom stereocenters. The first kappa shape index (κ1) is 33.9. The summed E-state index contributed by atoms with van der Waals surface area (Å²) >= 11 is 0. The zero-order valence-corrected chi connectivity index (χ0v) is 25.6. The van der Waals surface area contributed by atoms with Crippen LogP contribution >= 0.6 is 0 Å². The third-order valence-electron chi connectivity index (χ3n) is 7.17. The van der Waals surface area contributed by atoms with Gasteiger partial charge < -0.3 is 25.1 Å². The molecule has 0 radical (unpaired) electrons. The molecule has 0 bridgehead atoms. The van der Waals surface area contributed by atoms with Gasteiger partial charge in [-0.25, -0.2) is 14.8 Å². The van der Waals surface area contributed by atoms with Gasteiger partial charge in [-0.1, -0.05) is 0 Å². The second kappa shape index (κ2) is 13.5. The second-order valence-electron chi connectivity index (χ2n) is 10.9. The smallest absolute Gasteiger partial charge is 0.490 e. The van der Waals surface area contributed by atoms with E-state index in [-0.39, 0.29) is 23.0 Å². The van der Waals surface area contributed by atoms with E-state index in [1.54, 1.807) is 36.7 Å². The lowest BCUT2D eigenvalue weighted by Crippen LogP contribution is -2.54. The van der Waals surface area contributed by atoms with Crippen LogP contribution in [-0.4, -0.2) is 97.7 Å². The zero-order chi connectivity index (χ0) is 33.8. The largest absolute Gasteiger partial charge is 0.497 e. The number of aromatic nitrogens is 6. The molecular formula is C29H33F3N8O6. The van der Waals surface area contributed by atoms with E-state index in [2.05, 4.69) is 41.0 Å². The number of aliphatic carboxylic acids is 1. The number of hydrogen-bond donors (Lipinski definition) is 2. The van der Waals surface area contributed by atoms with Crippen molar-refractivity contribution in [1.82, 2.24) is 34.4 Å². The van der Waals surface area contributed by atoms with Gasteiger partial charge in [-0.05, 0) is 27.0 Å². The highest BCUT2D eigenvalue weighted by atomic mass is 19.4. The quantitative estimate of drug-likeness (QED) is 0.301. The van der Waals surface area contributed by atoms with E-state index >= 15 is 0 Å². The molecule has 0 aliphatic carbocycles. The Bertz CT molecular complexity index is 1740. The molecule has 4 heterocycles. The van der Waals surface area contributed by atoms with Gasteiger partial charge in [-0.2, -0.15) is 28.1 Å². The maximum absolute atomic E-state index is 12.7. The minimum absolute atomic E-state index is 0.0108. The van der Waals surface area contributed by atoms with Crippen LogP contribution in [0.5, 0.6) is 11.5 Å². The van der Waals surface area contributed by atoms with E-state index < -0.39 is 12.1 Å². The summed E-state index contributed by atoms with van der Waals surface area (Å²) in [5, 5.41) is 16.2. The lowest BCUT2D eigenvalue weighted by molar-refractivity contribution is -0.192. The fraction of sp³-hybridized carbons (Fsp3) is 0.379. The van der Waals surface area contributed by atoms with Crippen molar-refractivity contribution in [2.45, 2.75) is 38.2 Å². The number of ether oxygens (including phenoxy) is 3. The Morgan fingerprint density at radius 3 is 2.37 bits per heavy atom.